The van der Waals surface area contributed by atoms with Gasteiger partial charge in [-0.2, -0.15) is 5.26 Å². The Balaban J connectivity index is 3.30. The van der Waals surface area contributed by atoms with Crippen molar-refractivity contribution in [3.8, 4) is 6.07 Å². The minimum absolute atomic E-state index is 0.173. The summed E-state index contributed by atoms with van der Waals surface area (Å²) < 4.78 is 0. The fourth-order valence-corrected chi connectivity index (χ4v) is 1.26. The van der Waals surface area contributed by atoms with Gasteiger partial charge in [-0.25, -0.2) is 0 Å². The third kappa shape index (κ3) is 1.63. The fourth-order valence-electron chi connectivity index (χ4n) is 0.709. The Hall–Kier alpha value is -1.21. The summed E-state index contributed by atoms with van der Waals surface area (Å²) in [6.07, 6.45) is 3.25. The van der Waals surface area contributed by atoms with Crippen molar-refractivity contribution in [3.63, 3.8) is 0 Å². The van der Waals surface area contributed by atoms with E-state index in [-0.39, 0.29) is 5.56 Å². The molecule has 0 amide bonds. The van der Waals surface area contributed by atoms with Crippen LogP contribution in [-0.4, -0.2) is 11.2 Å². The van der Waals surface area contributed by atoms with E-state index in [4.69, 9.17) is 5.26 Å². The predicted molar refractivity (Wildman–Crippen MR) is 43.6 cm³/mol. The van der Waals surface area contributed by atoms with E-state index in [0.29, 0.717) is 5.56 Å². The first-order chi connectivity index (χ1) is 5.27. The van der Waals surface area contributed by atoms with Gasteiger partial charge < -0.3 is 4.98 Å². The minimum Gasteiger partial charge on any atom is -0.328 e. The van der Waals surface area contributed by atoms with Crippen LogP contribution < -0.4 is 5.56 Å². The summed E-state index contributed by atoms with van der Waals surface area (Å²) in [6, 6.07) is 3.40. The second-order valence-electron chi connectivity index (χ2n) is 1.89. The third-order valence-corrected chi connectivity index (χ3v) is 2.00. The number of H-pyrrole nitrogens is 1. The summed E-state index contributed by atoms with van der Waals surface area (Å²) in [5, 5.41) is 8.56. The molecule has 1 heterocycles. The Labute approximate surface area is 68.1 Å². The first-order valence-corrected chi connectivity index (χ1v) is 4.17. The lowest BCUT2D eigenvalue weighted by Crippen LogP contribution is -2.03. The van der Waals surface area contributed by atoms with Crippen molar-refractivity contribution in [1.29, 1.82) is 5.26 Å². The van der Waals surface area contributed by atoms with Crippen LogP contribution in [0.15, 0.2) is 22.0 Å². The topological polar surface area (TPSA) is 56.6 Å². The molecular formula is C7H6N2OS. The molecule has 1 rings (SSSR count). The van der Waals surface area contributed by atoms with Gasteiger partial charge in [-0.05, 0) is 6.26 Å². The monoisotopic (exact) mass is 166 g/mol. The fraction of sp³-hybridized carbons (Fsp3) is 0.143. The van der Waals surface area contributed by atoms with Crippen molar-refractivity contribution in [2.75, 3.05) is 6.26 Å². The molecule has 0 saturated carbocycles. The van der Waals surface area contributed by atoms with Crippen LogP contribution in [0.5, 0.6) is 0 Å². The first kappa shape index (κ1) is 7.89. The lowest BCUT2D eigenvalue weighted by atomic mass is 10.3. The number of nitrogens with one attached hydrogen (secondary N) is 1. The molecule has 0 fully saturated rings. The van der Waals surface area contributed by atoms with Gasteiger partial charge in [-0.3, -0.25) is 4.79 Å². The van der Waals surface area contributed by atoms with Gasteiger partial charge >= 0.3 is 0 Å². The van der Waals surface area contributed by atoms with Gasteiger partial charge in [-0.1, -0.05) is 0 Å². The number of pyridine rings is 1. The van der Waals surface area contributed by atoms with E-state index in [9.17, 15) is 4.79 Å². The molecule has 0 spiro atoms. The number of nitrogens with zero attached hydrogens (tertiary/aromatic N) is 1. The largest absolute Gasteiger partial charge is 0.328 e. The molecule has 0 unspecified atom stereocenters. The van der Waals surface area contributed by atoms with E-state index in [1.165, 1.54) is 24.0 Å². The number of nitriles is 1. The summed E-state index contributed by atoms with van der Waals surface area (Å²) in [4.78, 5) is 13.9. The Morgan fingerprint density at radius 3 is 3.00 bits per heavy atom. The molecule has 0 saturated heterocycles. The molecule has 0 aromatic carbocycles. The Kier molecular flexibility index (Phi) is 2.34. The van der Waals surface area contributed by atoms with E-state index in [1.807, 2.05) is 12.3 Å². The van der Waals surface area contributed by atoms with Crippen molar-refractivity contribution in [1.82, 2.24) is 4.98 Å². The average molecular weight is 166 g/mol. The molecular weight excluding hydrogens is 160 g/mol. The molecule has 11 heavy (non-hydrogen) atoms. The van der Waals surface area contributed by atoms with Crippen LogP contribution in [0.3, 0.4) is 0 Å². The van der Waals surface area contributed by atoms with Gasteiger partial charge in [0.15, 0.2) is 0 Å². The highest BCUT2D eigenvalue weighted by Gasteiger charge is 1.99. The lowest BCUT2D eigenvalue weighted by Gasteiger charge is -1.95. The zero-order valence-electron chi connectivity index (χ0n) is 5.92. The molecule has 56 valence electrons. The van der Waals surface area contributed by atoms with Gasteiger partial charge in [0.2, 0.25) is 5.56 Å². The molecule has 0 radical (unpaired) electrons. The van der Waals surface area contributed by atoms with Crippen molar-refractivity contribution >= 4 is 11.8 Å². The van der Waals surface area contributed by atoms with E-state index in [0.717, 1.165) is 4.90 Å². The van der Waals surface area contributed by atoms with E-state index >= 15 is 0 Å². The smallest absolute Gasteiger partial charge is 0.249 e. The number of hydrogen-bond acceptors (Lipinski definition) is 3. The van der Waals surface area contributed by atoms with Crippen molar-refractivity contribution in [2.24, 2.45) is 0 Å². The molecule has 0 aliphatic heterocycles. The van der Waals surface area contributed by atoms with Gasteiger partial charge in [0, 0.05) is 17.2 Å². The number of thioether (sulfide) groups is 1. The normalized spacial score (nSPS) is 9.09. The zero-order valence-corrected chi connectivity index (χ0v) is 6.73. The van der Waals surface area contributed by atoms with Crippen LogP contribution in [0.2, 0.25) is 0 Å². The number of rotatable bonds is 1. The first-order valence-electron chi connectivity index (χ1n) is 2.94. The van der Waals surface area contributed by atoms with Crippen molar-refractivity contribution in [2.45, 2.75) is 4.90 Å². The molecule has 0 atom stereocenters. The Morgan fingerprint density at radius 2 is 2.45 bits per heavy atom. The molecule has 0 aliphatic rings. The van der Waals surface area contributed by atoms with Crippen molar-refractivity contribution in [3.05, 3.63) is 28.2 Å². The van der Waals surface area contributed by atoms with Crippen molar-refractivity contribution < 1.29 is 0 Å². The maximum absolute atomic E-state index is 10.7. The van der Waals surface area contributed by atoms with Crippen LogP contribution in [0.1, 0.15) is 5.56 Å². The maximum Gasteiger partial charge on any atom is 0.249 e. The lowest BCUT2D eigenvalue weighted by molar-refractivity contribution is 1.16. The molecule has 1 aromatic heterocycles. The molecule has 0 bridgehead atoms. The third-order valence-electron chi connectivity index (χ3n) is 1.23. The van der Waals surface area contributed by atoms with Crippen LogP contribution in [0.4, 0.5) is 0 Å². The van der Waals surface area contributed by atoms with E-state index < -0.39 is 0 Å². The minimum atomic E-state index is -0.173. The SMILES string of the molecule is CSc1cc(=O)[nH]cc1C#N. The van der Waals surface area contributed by atoms with Crippen LogP contribution >= 0.6 is 11.8 Å². The summed E-state index contributed by atoms with van der Waals surface area (Å²) in [5.41, 5.74) is 0.338. The molecule has 1 aromatic rings. The van der Waals surface area contributed by atoms with Gasteiger partial charge in [-0.15, -0.1) is 11.8 Å². The average Bonchev–Trinajstić information content (AvgIpc) is 2.04. The number of aromatic nitrogens is 1. The quantitative estimate of drug-likeness (QED) is 0.632. The van der Waals surface area contributed by atoms with E-state index in [2.05, 4.69) is 4.98 Å². The zero-order chi connectivity index (χ0) is 8.27. The van der Waals surface area contributed by atoms with Crippen LogP contribution in [0.25, 0.3) is 0 Å². The van der Waals surface area contributed by atoms with Gasteiger partial charge in [0.25, 0.3) is 0 Å². The van der Waals surface area contributed by atoms with Gasteiger partial charge in [0.1, 0.15) is 6.07 Å². The highest BCUT2D eigenvalue weighted by molar-refractivity contribution is 7.98. The molecule has 0 aliphatic carbocycles. The van der Waals surface area contributed by atoms with Crippen LogP contribution in [0, 0.1) is 11.3 Å². The predicted octanol–water partition coefficient (Wildman–Crippen LogP) is 0.968. The Bertz CT molecular complexity index is 350. The molecule has 1 N–H and O–H groups in total. The maximum atomic E-state index is 10.7. The number of hydrogen-bond donors (Lipinski definition) is 1. The summed E-state index contributed by atoms with van der Waals surface area (Å²) in [6.45, 7) is 0. The summed E-state index contributed by atoms with van der Waals surface area (Å²) >= 11 is 1.39. The standard InChI is InChI=1S/C7H6N2OS/c1-11-6-2-7(10)9-4-5(6)3-8/h2,4H,1H3,(H,9,10). The molecule has 3 nitrogen and oxygen atoms in total. The second kappa shape index (κ2) is 3.26. The van der Waals surface area contributed by atoms with E-state index in [1.54, 1.807) is 0 Å². The van der Waals surface area contributed by atoms with Crippen LogP contribution in [-0.2, 0) is 0 Å². The summed E-state index contributed by atoms with van der Waals surface area (Å²) in [5.74, 6) is 0. The highest BCUT2D eigenvalue weighted by Crippen LogP contribution is 2.15. The van der Waals surface area contributed by atoms with Gasteiger partial charge in [0.05, 0.1) is 5.56 Å². The molecule has 4 heteroatoms. The summed E-state index contributed by atoms with van der Waals surface area (Å²) in [7, 11) is 0. The highest BCUT2D eigenvalue weighted by atomic mass is 32.2. The number of aromatic amines is 1. The Morgan fingerprint density at radius 1 is 1.73 bits per heavy atom. The second-order valence-corrected chi connectivity index (χ2v) is 2.74.